The van der Waals surface area contributed by atoms with Gasteiger partial charge in [0.1, 0.15) is 0 Å². The Morgan fingerprint density at radius 3 is 2.36 bits per heavy atom. The Kier molecular flexibility index (Phi) is 1.79. The summed E-state index contributed by atoms with van der Waals surface area (Å²) in [6, 6.07) is 0. The van der Waals surface area contributed by atoms with Gasteiger partial charge in [0.15, 0.2) is 0 Å². The van der Waals surface area contributed by atoms with Crippen molar-refractivity contribution in [1.82, 2.24) is 0 Å². The highest BCUT2D eigenvalue weighted by molar-refractivity contribution is 5.09. The molecule has 0 heterocycles. The molecule has 0 aromatic heterocycles. The lowest BCUT2D eigenvalue weighted by molar-refractivity contribution is -0.218. The molecule has 4 fully saturated rings. The fourth-order valence-electron chi connectivity index (χ4n) is 4.61. The molecule has 0 aliphatic heterocycles. The monoisotopic (exact) mass is 196 g/mol. The number of hydrogen-bond donors (Lipinski definition) is 1. The number of rotatable bonds is 2. The lowest BCUT2D eigenvalue weighted by Crippen LogP contribution is -2.59. The Morgan fingerprint density at radius 2 is 1.86 bits per heavy atom. The molecule has 0 spiro atoms. The van der Waals surface area contributed by atoms with Crippen molar-refractivity contribution in [2.75, 3.05) is 6.61 Å². The van der Waals surface area contributed by atoms with Gasteiger partial charge in [0.25, 0.3) is 0 Å². The maximum Gasteiger partial charge on any atom is 0.0715 e. The molecule has 4 bridgehead atoms. The van der Waals surface area contributed by atoms with E-state index in [9.17, 15) is 5.11 Å². The van der Waals surface area contributed by atoms with E-state index in [0.29, 0.717) is 0 Å². The highest BCUT2D eigenvalue weighted by Crippen LogP contribution is 2.58. The van der Waals surface area contributed by atoms with Crippen molar-refractivity contribution < 1.29 is 9.84 Å². The molecule has 4 aliphatic carbocycles. The van der Waals surface area contributed by atoms with Crippen molar-refractivity contribution in [3.8, 4) is 0 Å². The third kappa shape index (κ3) is 1.24. The van der Waals surface area contributed by atoms with E-state index in [1.54, 1.807) is 0 Å². The Balaban J connectivity index is 1.89. The number of aliphatic hydroxyl groups is 1. The van der Waals surface area contributed by atoms with Gasteiger partial charge in [0, 0.05) is 13.0 Å². The van der Waals surface area contributed by atoms with E-state index in [0.717, 1.165) is 37.7 Å². The van der Waals surface area contributed by atoms with Crippen molar-refractivity contribution in [2.24, 2.45) is 11.8 Å². The average molecular weight is 196 g/mol. The van der Waals surface area contributed by atoms with Crippen molar-refractivity contribution in [3.63, 3.8) is 0 Å². The van der Waals surface area contributed by atoms with Crippen LogP contribution in [-0.4, -0.2) is 22.9 Å². The summed E-state index contributed by atoms with van der Waals surface area (Å²) in [6.07, 6.45) is 6.74. The van der Waals surface area contributed by atoms with E-state index in [1.807, 2.05) is 0 Å². The highest BCUT2D eigenvalue weighted by Gasteiger charge is 2.57. The SMILES string of the molecule is CCOC12CC3CC(CC(O)(C3)C1)C2. The van der Waals surface area contributed by atoms with Crippen molar-refractivity contribution in [1.29, 1.82) is 0 Å². The molecule has 2 unspecified atom stereocenters. The summed E-state index contributed by atoms with van der Waals surface area (Å²) in [5.74, 6) is 1.49. The third-order valence-electron chi connectivity index (χ3n) is 4.43. The van der Waals surface area contributed by atoms with Gasteiger partial charge >= 0.3 is 0 Å². The lowest BCUT2D eigenvalue weighted by atomic mass is 9.52. The van der Waals surface area contributed by atoms with E-state index in [1.165, 1.54) is 19.3 Å². The molecule has 2 heteroatoms. The predicted molar refractivity (Wildman–Crippen MR) is 54.0 cm³/mol. The number of ether oxygens (including phenoxy) is 1. The molecule has 0 aromatic rings. The molecule has 4 rings (SSSR count). The second kappa shape index (κ2) is 2.73. The topological polar surface area (TPSA) is 29.5 Å². The van der Waals surface area contributed by atoms with Gasteiger partial charge in [-0.1, -0.05) is 0 Å². The molecule has 2 atom stereocenters. The summed E-state index contributed by atoms with van der Waals surface area (Å²) >= 11 is 0. The van der Waals surface area contributed by atoms with E-state index >= 15 is 0 Å². The average Bonchev–Trinajstić information content (AvgIpc) is 1.97. The van der Waals surface area contributed by atoms with Gasteiger partial charge in [-0.2, -0.15) is 0 Å². The van der Waals surface area contributed by atoms with E-state index in [-0.39, 0.29) is 11.2 Å². The predicted octanol–water partition coefficient (Wildman–Crippen LogP) is 2.11. The minimum absolute atomic E-state index is 0.0631. The molecule has 0 saturated heterocycles. The summed E-state index contributed by atoms with van der Waals surface area (Å²) < 4.78 is 5.95. The zero-order valence-corrected chi connectivity index (χ0v) is 8.96. The van der Waals surface area contributed by atoms with Crippen LogP contribution in [0.1, 0.15) is 45.4 Å². The Labute approximate surface area is 85.6 Å². The van der Waals surface area contributed by atoms with E-state index in [4.69, 9.17) is 4.74 Å². The van der Waals surface area contributed by atoms with E-state index in [2.05, 4.69) is 6.92 Å². The molecule has 2 nitrogen and oxygen atoms in total. The van der Waals surface area contributed by atoms with Gasteiger partial charge < -0.3 is 9.84 Å². The second-order valence-electron chi connectivity index (χ2n) is 5.80. The Hall–Kier alpha value is -0.0800. The Morgan fingerprint density at radius 1 is 1.21 bits per heavy atom. The van der Waals surface area contributed by atoms with Crippen molar-refractivity contribution in [3.05, 3.63) is 0 Å². The van der Waals surface area contributed by atoms with Crippen LogP contribution in [0.4, 0.5) is 0 Å². The Bertz CT molecular complexity index is 235. The van der Waals surface area contributed by atoms with E-state index < -0.39 is 0 Å². The first kappa shape index (κ1) is 9.17. The van der Waals surface area contributed by atoms with Gasteiger partial charge in [-0.25, -0.2) is 0 Å². The highest BCUT2D eigenvalue weighted by atomic mass is 16.5. The molecule has 1 N–H and O–H groups in total. The largest absolute Gasteiger partial charge is 0.390 e. The zero-order chi connectivity index (χ0) is 9.81. The minimum atomic E-state index is -0.362. The minimum Gasteiger partial charge on any atom is -0.390 e. The summed E-state index contributed by atoms with van der Waals surface area (Å²) in [7, 11) is 0. The molecule has 0 amide bonds. The molecule has 4 saturated carbocycles. The molecule has 80 valence electrons. The van der Waals surface area contributed by atoms with Crippen LogP contribution in [0, 0.1) is 11.8 Å². The van der Waals surface area contributed by atoms with Crippen LogP contribution in [0.15, 0.2) is 0 Å². The molecule has 14 heavy (non-hydrogen) atoms. The standard InChI is InChI=1S/C12H20O2/c1-2-14-12-6-9-3-10(7-12)5-11(13,4-9)8-12/h9-10,13H,2-8H2,1H3. The van der Waals surface area contributed by atoms with Gasteiger partial charge in [-0.05, 0) is 50.9 Å². The summed E-state index contributed by atoms with van der Waals surface area (Å²) in [5, 5.41) is 10.4. The summed E-state index contributed by atoms with van der Waals surface area (Å²) in [6.45, 7) is 2.87. The molecular weight excluding hydrogens is 176 g/mol. The molecule has 4 aliphatic rings. The summed E-state index contributed by atoms with van der Waals surface area (Å²) in [4.78, 5) is 0. The normalized spacial score (nSPS) is 55.3. The van der Waals surface area contributed by atoms with Gasteiger partial charge in [0.05, 0.1) is 11.2 Å². The van der Waals surface area contributed by atoms with Crippen LogP contribution in [0.2, 0.25) is 0 Å². The van der Waals surface area contributed by atoms with Crippen LogP contribution in [0.3, 0.4) is 0 Å². The fourth-order valence-corrected chi connectivity index (χ4v) is 4.61. The van der Waals surface area contributed by atoms with Crippen LogP contribution < -0.4 is 0 Å². The van der Waals surface area contributed by atoms with Gasteiger partial charge in [-0.15, -0.1) is 0 Å². The van der Waals surface area contributed by atoms with Crippen molar-refractivity contribution >= 4 is 0 Å². The first-order valence-corrected chi connectivity index (χ1v) is 5.99. The van der Waals surface area contributed by atoms with Crippen LogP contribution in [0.25, 0.3) is 0 Å². The number of hydrogen-bond acceptors (Lipinski definition) is 2. The third-order valence-corrected chi connectivity index (χ3v) is 4.43. The molecule has 0 radical (unpaired) electrons. The maximum atomic E-state index is 10.4. The van der Waals surface area contributed by atoms with Crippen LogP contribution in [0.5, 0.6) is 0 Å². The summed E-state index contributed by atoms with van der Waals surface area (Å²) in [5.41, 5.74) is -0.299. The quantitative estimate of drug-likeness (QED) is 0.733. The van der Waals surface area contributed by atoms with Gasteiger partial charge in [0.2, 0.25) is 0 Å². The molecular formula is C12H20O2. The zero-order valence-electron chi connectivity index (χ0n) is 8.96. The lowest BCUT2D eigenvalue weighted by Gasteiger charge is -2.59. The van der Waals surface area contributed by atoms with Crippen LogP contribution >= 0.6 is 0 Å². The second-order valence-corrected chi connectivity index (χ2v) is 5.80. The maximum absolute atomic E-state index is 10.4. The van der Waals surface area contributed by atoms with Gasteiger partial charge in [-0.3, -0.25) is 0 Å². The van der Waals surface area contributed by atoms with Crippen molar-refractivity contribution in [2.45, 2.75) is 56.7 Å². The first-order chi connectivity index (χ1) is 6.63. The smallest absolute Gasteiger partial charge is 0.0715 e. The van der Waals surface area contributed by atoms with Crippen LogP contribution in [-0.2, 0) is 4.74 Å². The fraction of sp³-hybridized carbons (Fsp3) is 1.00. The first-order valence-electron chi connectivity index (χ1n) is 5.99. The molecule has 0 aromatic carbocycles.